The summed E-state index contributed by atoms with van der Waals surface area (Å²) in [6, 6.07) is 2.05. The van der Waals surface area contributed by atoms with Crippen LogP contribution in [0.3, 0.4) is 0 Å². The van der Waals surface area contributed by atoms with E-state index in [0.717, 1.165) is 25.4 Å². The Morgan fingerprint density at radius 2 is 2.15 bits per heavy atom. The molecule has 2 aliphatic rings. The maximum Gasteiger partial charge on any atom is 0.245 e. The highest BCUT2D eigenvalue weighted by Crippen LogP contribution is 2.31. The Balaban J connectivity index is 1.73. The molecule has 0 saturated heterocycles. The van der Waals surface area contributed by atoms with Gasteiger partial charge in [0.15, 0.2) is 0 Å². The molecule has 20 heavy (non-hydrogen) atoms. The quantitative estimate of drug-likeness (QED) is 0.929. The van der Waals surface area contributed by atoms with Gasteiger partial charge < -0.3 is 10.2 Å². The lowest BCUT2D eigenvalue weighted by Crippen LogP contribution is -2.41. The number of likely N-dealkylation sites (N-methyl/N-ethyl adjacent to an activating group) is 1. The van der Waals surface area contributed by atoms with Gasteiger partial charge >= 0.3 is 0 Å². The lowest BCUT2D eigenvalue weighted by atomic mass is 9.89. The number of nitrogens with one attached hydrogen (secondary N) is 1. The summed E-state index contributed by atoms with van der Waals surface area (Å²) in [6.45, 7) is 1.85. The lowest BCUT2D eigenvalue weighted by Gasteiger charge is -2.30. The van der Waals surface area contributed by atoms with Gasteiger partial charge in [-0.05, 0) is 49.2 Å². The van der Waals surface area contributed by atoms with E-state index < -0.39 is 0 Å². The minimum absolute atomic E-state index is 0.129. The molecule has 0 radical (unpaired) electrons. The molecular formula is C16H24N2OS. The van der Waals surface area contributed by atoms with Gasteiger partial charge in [0, 0.05) is 18.0 Å². The first-order valence-corrected chi connectivity index (χ1v) is 8.70. The van der Waals surface area contributed by atoms with Gasteiger partial charge in [0.05, 0.1) is 0 Å². The van der Waals surface area contributed by atoms with Gasteiger partial charge in [0.1, 0.15) is 6.04 Å². The zero-order chi connectivity index (χ0) is 13.9. The number of hydrogen-bond donors (Lipinski definition) is 1. The predicted molar refractivity (Wildman–Crippen MR) is 83.0 cm³/mol. The van der Waals surface area contributed by atoms with Crippen molar-refractivity contribution in [1.29, 1.82) is 0 Å². The first kappa shape index (κ1) is 14.1. The molecule has 1 unspecified atom stereocenters. The fraction of sp³-hybridized carbons (Fsp3) is 0.688. The number of hydrogen-bond acceptors (Lipinski definition) is 3. The maximum atomic E-state index is 12.8. The first-order chi connectivity index (χ1) is 9.79. The number of carbonyl (C=O) groups excluding carboxylic acids is 1. The molecule has 1 saturated carbocycles. The molecule has 1 aromatic heterocycles. The van der Waals surface area contributed by atoms with Gasteiger partial charge in [-0.3, -0.25) is 4.79 Å². The Morgan fingerprint density at radius 3 is 2.90 bits per heavy atom. The topological polar surface area (TPSA) is 32.3 Å². The van der Waals surface area contributed by atoms with Crippen LogP contribution >= 0.6 is 11.3 Å². The van der Waals surface area contributed by atoms with Gasteiger partial charge in [0.25, 0.3) is 0 Å². The van der Waals surface area contributed by atoms with E-state index in [1.54, 1.807) is 11.3 Å². The Morgan fingerprint density at radius 1 is 1.35 bits per heavy atom. The number of carbonyl (C=O) groups is 1. The molecule has 1 atom stereocenters. The van der Waals surface area contributed by atoms with E-state index >= 15 is 0 Å². The number of thiophene rings is 1. The van der Waals surface area contributed by atoms with Crippen LogP contribution in [0.4, 0.5) is 0 Å². The highest BCUT2D eigenvalue weighted by atomic mass is 32.1. The summed E-state index contributed by atoms with van der Waals surface area (Å²) in [7, 11) is 1.90. The molecule has 0 aromatic carbocycles. The van der Waals surface area contributed by atoms with Crippen LogP contribution in [0, 0.1) is 5.92 Å². The lowest BCUT2D eigenvalue weighted by molar-refractivity contribution is -0.133. The summed E-state index contributed by atoms with van der Waals surface area (Å²) < 4.78 is 0. The zero-order valence-corrected chi connectivity index (χ0v) is 13.0. The van der Waals surface area contributed by atoms with E-state index in [1.807, 2.05) is 7.05 Å². The maximum absolute atomic E-state index is 12.8. The standard InChI is InChI=1S/C16H24N2OS/c1-17-14-15-13(8-10-20-15)7-9-18(16(14)19)11-12-5-3-2-4-6-12/h8,10,12,14,17H,2-7,9,11H2,1H3. The van der Waals surface area contributed by atoms with Crippen molar-refractivity contribution < 1.29 is 4.79 Å². The second-order valence-electron chi connectivity index (χ2n) is 6.07. The monoisotopic (exact) mass is 292 g/mol. The Kier molecular flexibility index (Phi) is 4.41. The predicted octanol–water partition coefficient (Wildman–Crippen LogP) is 2.97. The van der Waals surface area contributed by atoms with E-state index in [9.17, 15) is 4.79 Å². The fourth-order valence-electron chi connectivity index (χ4n) is 3.58. The SMILES string of the molecule is CNC1C(=O)N(CC2CCCCC2)CCc2ccsc21. The van der Waals surface area contributed by atoms with Crippen LogP contribution in [0.2, 0.25) is 0 Å². The van der Waals surface area contributed by atoms with Gasteiger partial charge in [-0.25, -0.2) is 0 Å². The Bertz CT molecular complexity index is 465. The molecule has 110 valence electrons. The summed E-state index contributed by atoms with van der Waals surface area (Å²) in [5, 5.41) is 5.33. The largest absolute Gasteiger partial charge is 0.340 e. The average Bonchev–Trinajstić information content (AvgIpc) is 2.89. The number of rotatable bonds is 3. The van der Waals surface area contributed by atoms with Gasteiger partial charge in [-0.2, -0.15) is 0 Å². The van der Waals surface area contributed by atoms with Gasteiger partial charge in [-0.1, -0.05) is 19.3 Å². The number of amides is 1. The van der Waals surface area contributed by atoms with Crippen molar-refractivity contribution >= 4 is 17.2 Å². The average molecular weight is 292 g/mol. The summed E-state index contributed by atoms with van der Waals surface area (Å²) in [5.41, 5.74) is 1.36. The van der Waals surface area contributed by atoms with Crippen molar-refractivity contribution in [3.05, 3.63) is 21.9 Å². The van der Waals surface area contributed by atoms with Crippen LogP contribution in [0.15, 0.2) is 11.4 Å². The van der Waals surface area contributed by atoms with Crippen LogP contribution in [0.5, 0.6) is 0 Å². The highest BCUT2D eigenvalue weighted by molar-refractivity contribution is 7.10. The molecule has 1 amide bonds. The molecule has 3 nitrogen and oxygen atoms in total. The van der Waals surface area contributed by atoms with Gasteiger partial charge in [0.2, 0.25) is 5.91 Å². The summed E-state index contributed by atoms with van der Waals surface area (Å²) >= 11 is 1.71. The summed E-state index contributed by atoms with van der Waals surface area (Å²) in [4.78, 5) is 16.1. The molecule has 1 fully saturated rings. The van der Waals surface area contributed by atoms with Crippen molar-refractivity contribution in [2.45, 2.75) is 44.6 Å². The normalized spacial score (nSPS) is 24.6. The molecule has 2 heterocycles. The molecular weight excluding hydrogens is 268 g/mol. The minimum Gasteiger partial charge on any atom is -0.340 e. The zero-order valence-electron chi connectivity index (χ0n) is 12.2. The van der Waals surface area contributed by atoms with E-state index in [1.165, 1.54) is 42.5 Å². The third-order valence-corrected chi connectivity index (χ3v) is 5.77. The fourth-order valence-corrected chi connectivity index (χ4v) is 4.64. The van der Waals surface area contributed by atoms with Crippen LogP contribution in [0.25, 0.3) is 0 Å². The molecule has 1 aromatic rings. The van der Waals surface area contributed by atoms with Crippen LogP contribution in [-0.4, -0.2) is 30.9 Å². The molecule has 1 aliphatic heterocycles. The van der Waals surface area contributed by atoms with E-state index in [-0.39, 0.29) is 11.9 Å². The van der Waals surface area contributed by atoms with Crippen LogP contribution in [0.1, 0.15) is 48.6 Å². The van der Waals surface area contributed by atoms with Crippen molar-refractivity contribution in [1.82, 2.24) is 10.2 Å². The van der Waals surface area contributed by atoms with Crippen molar-refractivity contribution in [2.24, 2.45) is 5.92 Å². The first-order valence-electron chi connectivity index (χ1n) is 7.82. The molecule has 0 spiro atoms. The third kappa shape index (κ3) is 2.77. The second-order valence-corrected chi connectivity index (χ2v) is 7.02. The van der Waals surface area contributed by atoms with E-state index in [0.29, 0.717) is 0 Å². The highest BCUT2D eigenvalue weighted by Gasteiger charge is 2.31. The summed E-state index contributed by atoms with van der Waals surface area (Å²) in [5.74, 6) is 1.00. The van der Waals surface area contributed by atoms with Crippen LogP contribution < -0.4 is 5.32 Å². The Labute approximate surface area is 125 Å². The Hall–Kier alpha value is -0.870. The molecule has 1 aliphatic carbocycles. The van der Waals surface area contributed by atoms with Gasteiger partial charge in [-0.15, -0.1) is 11.3 Å². The van der Waals surface area contributed by atoms with Crippen molar-refractivity contribution in [2.75, 3.05) is 20.1 Å². The molecule has 4 heteroatoms. The second kappa shape index (κ2) is 6.27. The number of fused-ring (bicyclic) bond motifs is 1. The van der Waals surface area contributed by atoms with Crippen molar-refractivity contribution in [3.8, 4) is 0 Å². The number of nitrogens with zero attached hydrogens (tertiary/aromatic N) is 1. The van der Waals surface area contributed by atoms with E-state index in [2.05, 4.69) is 21.7 Å². The smallest absolute Gasteiger partial charge is 0.245 e. The van der Waals surface area contributed by atoms with E-state index in [4.69, 9.17) is 0 Å². The molecule has 3 rings (SSSR count). The molecule has 1 N–H and O–H groups in total. The third-order valence-electron chi connectivity index (χ3n) is 4.74. The molecule has 0 bridgehead atoms. The minimum atomic E-state index is -0.129. The van der Waals surface area contributed by atoms with Crippen molar-refractivity contribution in [3.63, 3.8) is 0 Å². The summed E-state index contributed by atoms with van der Waals surface area (Å²) in [6.07, 6.45) is 7.67. The van der Waals surface area contributed by atoms with Crippen LogP contribution in [-0.2, 0) is 11.2 Å².